The second-order valence-corrected chi connectivity index (χ2v) is 5.57. The van der Waals surface area contributed by atoms with Crippen LogP contribution >= 0.6 is 0 Å². The van der Waals surface area contributed by atoms with E-state index in [0.717, 1.165) is 19.6 Å². The first-order valence-corrected chi connectivity index (χ1v) is 6.77. The van der Waals surface area contributed by atoms with E-state index in [4.69, 9.17) is 5.73 Å². The van der Waals surface area contributed by atoms with Crippen molar-refractivity contribution in [3.8, 4) is 0 Å². The van der Waals surface area contributed by atoms with Crippen molar-refractivity contribution >= 4 is 5.96 Å². The predicted octanol–water partition coefficient (Wildman–Crippen LogP) is 1.54. The van der Waals surface area contributed by atoms with Gasteiger partial charge in [-0.3, -0.25) is 4.99 Å². The van der Waals surface area contributed by atoms with Crippen LogP contribution in [0, 0.1) is 13.8 Å². The van der Waals surface area contributed by atoms with Gasteiger partial charge in [-0.15, -0.1) is 0 Å². The molecule has 1 atom stereocenters. The van der Waals surface area contributed by atoms with Gasteiger partial charge in [-0.05, 0) is 39.1 Å². The zero-order valence-electron chi connectivity index (χ0n) is 12.3. The minimum Gasteiger partial charge on any atom is -0.370 e. The molecule has 4 heteroatoms. The first-order chi connectivity index (χ1) is 8.99. The fraction of sp³-hybridized carbons (Fsp3) is 0.533. The number of aliphatic imine (C=N–C) groups is 1. The van der Waals surface area contributed by atoms with Crippen LogP contribution in [0.5, 0.6) is 0 Å². The summed E-state index contributed by atoms with van der Waals surface area (Å²) in [4.78, 5) is 8.81. The summed E-state index contributed by atoms with van der Waals surface area (Å²) in [7, 11) is 4.16. The molecule has 0 saturated carbocycles. The normalized spacial score (nSPS) is 19.1. The van der Waals surface area contributed by atoms with Crippen molar-refractivity contribution in [2.45, 2.75) is 19.9 Å². The molecule has 1 aliphatic heterocycles. The fourth-order valence-electron chi connectivity index (χ4n) is 2.57. The van der Waals surface area contributed by atoms with Crippen molar-refractivity contribution in [2.24, 2.45) is 10.7 Å². The standard InChI is InChI=1S/C15H24N4/c1-11-5-6-13(12(2)9-11)14-10-17-15(16)19(14)8-7-18(3)4/h5-6,9,14H,7-8,10H2,1-4H3,(H2,16,17). The van der Waals surface area contributed by atoms with Gasteiger partial charge in [0.15, 0.2) is 5.96 Å². The molecule has 2 N–H and O–H groups in total. The lowest BCUT2D eigenvalue weighted by atomic mass is 9.98. The van der Waals surface area contributed by atoms with Gasteiger partial charge < -0.3 is 15.5 Å². The van der Waals surface area contributed by atoms with Crippen LogP contribution in [-0.4, -0.2) is 49.5 Å². The van der Waals surface area contributed by atoms with E-state index in [1.54, 1.807) is 0 Å². The molecule has 19 heavy (non-hydrogen) atoms. The van der Waals surface area contributed by atoms with Crippen molar-refractivity contribution < 1.29 is 0 Å². The minimum absolute atomic E-state index is 0.292. The molecule has 1 aromatic rings. The van der Waals surface area contributed by atoms with Crippen LogP contribution in [0.15, 0.2) is 23.2 Å². The average Bonchev–Trinajstić information content (AvgIpc) is 2.68. The first kappa shape index (κ1) is 13.9. The topological polar surface area (TPSA) is 44.9 Å². The minimum atomic E-state index is 0.292. The van der Waals surface area contributed by atoms with E-state index in [9.17, 15) is 0 Å². The van der Waals surface area contributed by atoms with Crippen LogP contribution in [-0.2, 0) is 0 Å². The lowest BCUT2D eigenvalue weighted by Gasteiger charge is -2.29. The number of aryl methyl sites for hydroxylation is 2. The highest BCUT2D eigenvalue weighted by molar-refractivity contribution is 5.80. The zero-order valence-corrected chi connectivity index (χ0v) is 12.3. The second-order valence-electron chi connectivity index (χ2n) is 5.57. The highest BCUT2D eigenvalue weighted by Crippen LogP contribution is 2.28. The van der Waals surface area contributed by atoms with Crippen molar-refractivity contribution in [3.63, 3.8) is 0 Å². The monoisotopic (exact) mass is 260 g/mol. The fourth-order valence-corrected chi connectivity index (χ4v) is 2.57. The molecule has 0 aromatic heterocycles. The Bertz CT molecular complexity index is 479. The molecule has 1 aliphatic rings. The number of hydrogen-bond acceptors (Lipinski definition) is 4. The maximum Gasteiger partial charge on any atom is 0.191 e. The van der Waals surface area contributed by atoms with Crippen molar-refractivity contribution in [3.05, 3.63) is 34.9 Å². The molecule has 0 amide bonds. The highest BCUT2D eigenvalue weighted by atomic mass is 15.3. The maximum absolute atomic E-state index is 6.03. The van der Waals surface area contributed by atoms with Gasteiger partial charge in [-0.2, -0.15) is 0 Å². The van der Waals surface area contributed by atoms with Crippen LogP contribution in [0.1, 0.15) is 22.7 Å². The molecule has 0 saturated heterocycles. The van der Waals surface area contributed by atoms with Gasteiger partial charge in [0.2, 0.25) is 0 Å². The molecular formula is C15H24N4. The van der Waals surface area contributed by atoms with Crippen LogP contribution in [0.2, 0.25) is 0 Å². The molecule has 0 bridgehead atoms. The van der Waals surface area contributed by atoms with Gasteiger partial charge in [-0.25, -0.2) is 0 Å². The third-order valence-corrected chi connectivity index (χ3v) is 3.67. The molecule has 1 unspecified atom stereocenters. The van der Waals surface area contributed by atoms with Crippen LogP contribution < -0.4 is 5.73 Å². The van der Waals surface area contributed by atoms with E-state index >= 15 is 0 Å². The second kappa shape index (κ2) is 5.61. The SMILES string of the molecule is Cc1ccc(C2CN=C(N)N2CCN(C)C)c(C)c1. The van der Waals surface area contributed by atoms with E-state index in [0.29, 0.717) is 12.0 Å². The summed E-state index contributed by atoms with van der Waals surface area (Å²) in [5.41, 5.74) is 9.99. The van der Waals surface area contributed by atoms with E-state index in [1.807, 2.05) is 0 Å². The highest BCUT2D eigenvalue weighted by Gasteiger charge is 2.28. The number of benzene rings is 1. The summed E-state index contributed by atoms with van der Waals surface area (Å²) in [5.74, 6) is 0.673. The molecule has 104 valence electrons. The molecular weight excluding hydrogens is 236 g/mol. The Morgan fingerprint density at radius 2 is 2.11 bits per heavy atom. The van der Waals surface area contributed by atoms with Crippen molar-refractivity contribution in [2.75, 3.05) is 33.7 Å². The van der Waals surface area contributed by atoms with E-state index in [1.165, 1.54) is 16.7 Å². The number of guanidine groups is 1. The van der Waals surface area contributed by atoms with E-state index in [-0.39, 0.29) is 0 Å². The Morgan fingerprint density at radius 3 is 2.74 bits per heavy atom. The van der Waals surface area contributed by atoms with Crippen LogP contribution in [0.3, 0.4) is 0 Å². The molecule has 0 radical (unpaired) electrons. The quantitative estimate of drug-likeness (QED) is 0.893. The number of hydrogen-bond donors (Lipinski definition) is 1. The van der Waals surface area contributed by atoms with Crippen molar-refractivity contribution in [1.82, 2.24) is 9.80 Å². The molecule has 0 aliphatic carbocycles. The Balaban J connectivity index is 2.19. The molecule has 1 aromatic carbocycles. The zero-order chi connectivity index (χ0) is 14.0. The Morgan fingerprint density at radius 1 is 1.37 bits per heavy atom. The summed E-state index contributed by atoms with van der Waals surface area (Å²) in [6.07, 6.45) is 0. The van der Waals surface area contributed by atoms with Crippen LogP contribution in [0.25, 0.3) is 0 Å². The Kier molecular flexibility index (Phi) is 4.10. The summed E-state index contributed by atoms with van der Waals surface area (Å²) in [6, 6.07) is 6.90. The number of likely N-dealkylation sites (N-methyl/N-ethyl adjacent to an activating group) is 1. The van der Waals surface area contributed by atoms with E-state index < -0.39 is 0 Å². The lowest BCUT2D eigenvalue weighted by Crippen LogP contribution is -2.40. The van der Waals surface area contributed by atoms with Gasteiger partial charge in [0.25, 0.3) is 0 Å². The number of nitrogens with two attached hydrogens (primary N) is 1. The van der Waals surface area contributed by atoms with Crippen molar-refractivity contribution in [1.29, 1.82) is 0 Å². The average molecular weight is 260 g/mol. The molecule has 0 fully saturated rings. The van der Waals surface area contributed by atoms with Crippen LogP contribution in [0.4, 0.5) is 0 Å². The maximum atomic E-state index is 6.03. The summed E-state index contributed by atoms with van der Waals surface area (Å²) >= 11 is 0. The Hall–Kier alpha value is -1.55. The van der Waals surface area contributed by atoms with Gasteiger partial charge in [-0.1, -0.05) is 23.8 Å². The third-order valence-electron chi connectivity index (χ3n) is 3.67. The van der Waals surface area contributed by atoms with Gasteiger partial charge in [0.05, 0.1) is 12.6 Å². The predicted molar refractivity (Wildman–Crippen MR) is 80.4 cm³/mol. The summed E-state index contributed by atoms with van der Waals surface area (Å²) < 4.78 is 0. The first-order valence-electron chi connectivity index (χ1n) is 6.77. The van der Waals surface area contributed by atoms with E-state index in [2.05, 4.69) is 60.9 Å². The molecule has 4 nitrogen and oxygen atoms in total. The summed E-state index contributed by atoms with van der Waals surface area (Å²) in [5, 5.41) is 0. The number of nitrogens with zero attached hydrogens (tertiary/aromatic N) is 3. The van der Waals surface area contributed by atoms with Gasteiger partial charge in [0.1, 0.15) is 0 Å². The van der Waals surface area contributed by atoms with Gasteiger partial charge in [0, 0.05) is 13.1 Å². The lowest BCUT2D eigenvalue weighted by molar-refractivity contribution is 0.292. The Labute approximate surface area is 115 Å². The van der Waals surface area contributed by atoms with Gasteiger partial charge >= 0.3 is 0 Å². The molecule has 0 spiro atoms. The largest absolute Gasteiger partial charge is 0.370 e. The third kappa shape index (κ3) is 3.07. The summed E-state index contributed by atoms with van der Waals surface area (Å²) in [6.45, 7) is 6.96. The molecule has 2 rings (SSSR count). The smallest absolute Gasteiger partial charge is 0.191 e. The molecule has 1 heterocycles. The number of rotatable bonds is 4.